The molecule has 2 rings (SSSR count). The molecule has 0 aliphatic carbocycles. The van der Waals surface area contributed by atoms with Crippen LogP contribution in [0, 0.1) is 0 Å². The molecule has 4 heteroatoms. The predicted octanol–water partition coefficient (Wildman–Crippen LogP) is 2.41. The summed E-state index contributed by atoms with van der Waals surface area (Å²) in [6, 6.07) is 9.67. The van der Waals surface area contributed by atoms with E-state index in [1.165, 1.54) is 11.8 Å². The summed E-state index contributed by atoms with van der Waals surface area (Å²) in [6.07, 6.45) is 3.49. The lowest BCUT2D eigenvalue weighted by Crippen LogP contribution is -2.24. The van der Waals surface area contributed by atoms with Gasteiger partial charge in [0.2, 0.25) is 0 Å². The minimum atomic E-state index is -0.835. The van der Waals surface area contributed by atoms with Crippen LogP contribution in [0.25, 0.3) is 0 Å². The van der Waals surface area contributed by atoms with E-state index in [4.69, 9.17) is 0 Å². The molecule has 0 aliphatic heterocycles. The molecule has 16 heavy (non-hydrogen) atoms. The van der Waals surface area contributed by atoms with Gasteiger partial charge in [-0.1, -0.05) is 42.1 Å². The zero-order valence-electron chi connectivity index (χ0n) is 9.05. The Balaban J connectivity index is 2.03. The summed E-state index contributed by atoms with van der Waals surface area (Å²) < 4.78 is 0. The zero-order valence-corrected chi connectivity index (χ0v) is 9.87. The van der Waals surface area contributed by atoms with Gasteiger partial charge in [0.25, 0.3) is 0 Å². The summed E-state index contributed by atoms with van der Waals surface area (Å²) in [7, 11) is 0. The molecule has 0 radical (unpaired) electrons. The van der Waals surface area contributed by atoms with Crippen molar-refractivity contribution in [2.45, 2.75) is 17.7 Å². The standard InChI is InChI=1S/C12H14N2OS/c1-12(15,10-5-3-2-4-6-10)9-16-11-13-7-8-14-11/h2-8,15H,9H2,1H3,(H,13,14). The Hall–Kier alpha value is -1.26. The molecule has 0 saturated heterocycles. The molecule has 0 aliphatic rings. The van der Waals surface area contributed by atoms with E-state index < -0.39 is 5.60 Å². The third-order valence-corrected chi connectivity index (χ3v) is 3.56. The number of rotatable bonds is 4. The average molecular weight is 234 g/mol. The molecule has 0 fully saturated rings. The highest BCUT2D eigenvalue weighted by atomic mass is 32.2. The van der Waals surface area contributed by atoms with Crippen LogP contribution in [0.4, 0.5) is 0 Å². The summed E-state index contributed by atoms with van der Waals surface area (Å²) in [5.74, 6) is 0.574. The van der Waals surface area contributed by atoms with Crippen LogP contribution in [-0.4, -0.2) is 20.8 Å². The number of nitrogens with one attached hydrogen (secondary N) is 1. The molecule has 0 saturated carbocycles. The number of benzene rings is 1. The van der Waals surface area contributed by atoms with Gasteiger partial charge < -0.3 is 10.1 Å². The van der Waals surface area contributed by atoms with Crippen molar-refractivity contribution in [3.63, 3.8) is 0 Å². The van der Waals surface area contributed by atoms with Crippen LogP contribution in [0.15, 0.2) is 47.9 Å². The van der Waals surface area contributed by atoms with Crippen LogP contribution >= 0.6 is 11.8 Å². The molecule has 1 heterocycles. The minimum Gasteiger partial charge on any atom is -0.385 e. The lowest BCUT2D eigenvalue weighted by atomic mass is 9.99. The van der Waals surface area contributed by atoms with Gasteiger partial charge in [0.15, 0.2) is 5.16 Å². The number of aromatic amines is 1. The first-order valence-corrected chi connectivity index (χ1v) is 6.07. The first-order chi connectivity index (χ1) is 7.68. The summed E-state index contributed by atoms with van der Waals surface area (Å²) >= 11 is 1.51. The predicted molar refractivity (Wildman–Crippen MR) is 65.3 cm³/mol. The molecule has 1 aromatic carbocycles. The quantitative estimate of drug-likeness (QED) is 0.799. The fourth-order valence-electron chi connectivity index (χ4n) is 1.42. The second kappa shape index (κ2) is 4.72. The van der Waals surface area contributed by atoms with Crippen molar-refractivity contribution < 1.29 is 5.11 Å². The lowest BCUT2D eigenvalue weighted by Gasteiger charge is -2.22. The van der Waals surface area contributed by atoms with E-state index in [1.807, 2.05) is 37.3 Å². The number of aromatic nitrogens is 2. The van der Waals surface area contributed by atoms with Crippen LogP contribution in [0.5, 0.6) is 0 Å². The number of aliphatic hydroxyl groups is 1. The maximum Gasteiger partial charge on any atom is 0.165 e. The van der Waals surface area contributed by atoms with E-state index >= 15 is 0 Å². The first kappa shape index (κ1) is 11.2. The summed E-state index contributed by atoms with van der Waals surface area (Å²) in [5, 5.41) is 11.2. The van der Waals surface area contributed by atoms with Crippen molar-refractivity contribution in [1.29, 1.82) is 0 Å². The Morgan fingerprint density at radius 3 is 2.75 bits per heavy atom. The largest absolute Gasteiger partial charge is 0.385 e. The molecule has 1 atom stereocenters. The van der Waals surface area contributed by atoms with Crippen LogP contribution in [-0.2, 0) is 5.60 Å². The maximum atomic E-state index is 10.3. The van der Waals surface area contributed by atoms with E-state index in [1.54, 1.807) is 12.4 Å². The Bertz CT molecular complexity index is 426. The molecule has 0 bridgehead atoms. The van der Waals surface area contributed by atoms with Crippen molar-refractivity contribution >= 4 is 11.8 Å². The molecule has 2 N–H and O–H groups in total. The zero-order chi connectivity index (χ0) is 11.4. The van der Waals surface area contributed by atoms with Gasteiger partial charge in [0, 0.05) is 18.1 Å². The van der Waals surface area contributed by atoms with E-state index in [9.17, 15) is 5.11 Å². The number of nitrogens with zero attached hydrogens (tertiary/aromatic N) is 1. The van der Waals surface area contributed by atoms with Gasteiger partial charge >= 0.3 is 0 Å². The van der Waals surface area contributed by atoms with Gasteiger partial charge in [-0.25, -0.2) is 4.98 Å². The van der Waals surface area contributed by atoms with Gasteiger partial charge in [-0.3, -0.25) is 0 Å². The van der Waals surface area contributed by atoms with Crippen molar-refractivity contribution in [3.8, 4) is 0 Å². The van der Waals surface area contributed by atoms with E-state index in [0.29, 0.717) is 5.75 Å². The van der Waals surface area contributed by atoms with Crippen molar-refractivity contribution in [1.82, 2.24) is 9.97 Å². The molecule has 1 aromatic heterocycles. The summed E-state index contributed by atoms with van der Waals surface area (Å²) in [4.78, 5) is 7.11. The topological polar surface area (TPSA) is 48.9 Å². The molecule has 2 aromatic rings. The van der Waals surface area contributed by atoms with Gasteiger partial charge in [0.1, 0.15) is 0 Å². The van der Waals surface area contributed by atoms with E-state index in [0.717, 1.165) is 10.7 Å². The molecule has 84 valence electrons. The SMILES string of the molecule is CC(O)(CSc1ncc[nH]1)c1ccccc1. The Morgan fingerprint density at radius 1 is 1.38 bits per heavy atom. The second-order valence-corrected chi connectivity index (χ2v) is 4.79. The van der Waals surface area contributed by atoms with E-state index in [2.05, 4.69) is 9.97 Å². The molecule has 1 unspecified atom stereocenters. The second-order valence-electron chi connectivity index (χ2n) is 3.82. The van der Waals surface area contributed by atoms with Gasteiger partial charge in [-0.15, -0.1) is 0 Å². The molecule has 3 nitrogen and oxygen atoms in total. The highest BCUT2D eigenvalue weighted by molar-refractivity contribution is 7.99. The van der Waals surface area contributed by atoms with Crippen molar-refractivity contribution in [3.05, 3.63) is 48.3 Å². The lowest BCUT2D eigenvalue weighted by molar-refractivity contribution is 0.0839. The molecule has 0 amide bonds. The highest BCUT2D eigenvalue weighted by Crippen LogP contribution is 2.27. The summed E-state index contributed by atoms with van der Waals surface area (Å²) in [6.45, 7) is 1.82. The Labute approximate surface area is 98.9 Å². The number of thioether (sulfide) groups is 1. The number of imidazole rings is 1. The van der Waals surface area contributed by atoms with E-state index in [-0.39, 0.29) is 0 Å². The van der Waals surface area contributed by atoms with Crippen LogP contribution in [0.1, 0.15) is 12.5 Å². The Kier molecular flexibility index (Phi) is 3.31. The fraction of sp³-hybridized carbons (Fsp3) is 0.250. The Morgan fingerprint density at radius 2 is 2.12 bits per heavy atom. The third-order valence-electron chi connectivity index (χ3n) is 2.36. The fourth-order valence-corrected chi connectivity index (χ4v) is 2.29. The van der Waals surface area contributed by atoms with Crippen LogP contribution < -0.4 is 0 Å². The minimum absolute atomic E-state index is 0.574. The normalized spacial score (nSPS) is 14.6. The maximum absolute atomic E-state index is 10.3. The number of hydrogen-bond donors (Lipinski definition) is 2. The molecular formula is C12H14N2OS. The van der Waals surface area contributed by atoms with Gasteiger partial charge in [-0.05, 0) is 12.5 Å². The van der Waals surface area contributed by atoms with Crippen LogP contribution in [0.3, 0.4) is 0 Å². The van der Waals surface area contributed by atoms with Crippen molar-refractivity contribution in [2.24, 2.45) is 0 Å². The average Bonchev–Trinajstić information content (AvgIpc) is 2.81. The monoisotopic (exact) mass is 234 g/mol. The number of hydrogen-bond acceptors (Lipinski definition) is 3. The van der Waals surface area contributed by atoms with Crippen molar-refractivity contribution in [2.75, 3.05) is 5.75 Å². The van der Waals surface area contributed by atoms with Crippen LogP contribution in [0.2, 0.25) is 0 Å². The van der Waals surface area contributed by atoms with Gasteiger partial charge in [-0.2, -0.15) is 0 Å². The molecular weight excluding hydrogens is 220 g/mol. The van der Waals surface area contributed by atoms with Gasteiger partial charge in [0.05, 0.1) is 5.60 Å². The molecule has 0 spiro atoms. The highest BCUT2D eigenvalue weighted by Gasteiger charge is 2.23. The number of H-pyrrole nitrogens is 1. The first-order valence-electron chi connectivity index (χ1n) is 5.08. The third kappa shape index (κ3) is 2.65. The smallest absolute Gasteiger partial charge is 0.165 e. The summed E-state index contributed by atoms with van der Waals surface area (Å²) in [5.41, 5.74) is 0.0904.